The summed E-state index contributed by atoms with van der Waals surface area (Å²) < 4.78 is 5.49. The molecule has 130 valence electrons. The summed E-state index contributed by atoms with van der Waals surface area (Å²) in [7, 11) is 0. The van der Waals surface area contributed by atoms with Gasteiger partial charge in [0.25, 0.3) is 0 Å². The summed E-state index contributed by atoms with van der Waals surface area (Å²) in [6.07, 6.45) is 3.21. The molecule has 1 N–H and O–H groups in total. The zero-order valence-corrected chi connectivity index (χ0v) is 14.3. The van der Waals surface area contributed by atoms with E-state index in [1.165, 1.54) is 0 Å². The van der Waals surface area contributed by atoms with Gasteiger partial charge in [-0.2, -0.15) is 0 Å². The van der Waals surface area contributed by atoms with Gasteiger partial charge in [0.2, 0.25) is 5.91 Å². The first-order valence-corrected chi connectivity index (χ1v) is 8.78. The van der Waals surface area contributed by atoms with Crippen LogP contribution in [0.4, 0.5) is 0 Å². The first-order chi connectivity index (χ1) is 11.5. The summed E-state index contributed by atoms with van der Waals surface area (Å²) in [5.41, 5.74) is 0.506. The third-order valence-electron chi connectivity index (χ3n) is 5.09. The van der Waals surface area contributed by atoms with Gasteiger partial charge < -0.3 is 14.7 Å². The lowest BCUT2D eigenvalue weighted by Gasteiger charge is -2.39. The Morgan fingerprint density at radius 3 is 2.54 bits per heavy atom. The van der Waals surface area contributed by atoms with E-state index in [0.29, 0.717) is 24.7 Å². The molecular weight excluding hydrogens is 330 g/mol. The molecule has 1 amide bonds. The third-order valence-corrected chi connectivity index (χ3v) is 5.34. The minimum absolute atomic E-state index is 0.0717. The molecule has 1 aromatic carbocycles. The van der Waals surface area contributed by atoms with Crippen LogP contribution in [0.15, 0.2) is 24.3 Å². The van der Waals surface area contributed by atoms with Crippen LogP contribution in [0.1, 0.15) is 37.7 Å². The van der Waals surface area contributed by atoms with Crippen molar-refractivity contribution in [3.63, 3.8) is 0 Å². The Morgan fingerprint density at radius 2 is 1.92 bits per heavy atom. The average Bonchev–Trinajstić information content (AvgIpc) is 3.05. The van der Waals surface area contributed by atoms with E-state index in [0.717, 1.165) is 31.2 Å². The Morgan fingerprint density at radius 1 is 1.25 bits per heavy atom. The van der Waals surface area contributed by atoms with Gasteiger partial charge in [-0.15, -0.1) is 0 Å². The number of benzene rings is 1. The fourth-order valence-corrected chi connectivity index (χ4v) is 4.02. The highest BCUT2D eigenvalue weighted by molar-refractivity contribution is 6.30. The number of carbonyl (C=O) groups excluding carboxylic acids is 1. The van der Waals surface area contributed by atoms with E-state index in [1.807, 2.05) is 24.3 Å². The number of carboxylic acid groups (broad SMARTS) is 1. The minimum atomic E-state index is -0.900. The van der Waals surface area contributed by atoms with Crippen LogP contribution in [-0.2, 0) is 19.7 Å². The Kier molecular flexibility index (Phi) is 5.11. The molecule has 0 radical (unpaired) electrons. The van der Waals surface area contributed by atoms with Crippen molar-refractivity contribution in [2.24, 2.45) is 0 Å². The molecule has 6 heteroatoms. The third kappa shape index (κ3) is 3.42. The predicted octanol–water partition coefficient (Wildman–Crippen LogP) is 2.85. The van der Waals surface area contributed by atoms with Crippen LogP contribution in [-0.4, -0.2) is 47.7 Å². The molecule has 2 fully saturated rings. The summed E-state index contributed by atoms with van der Waals surface area (Å²) in [4.78, 5) is 26.0. The first kappa shape index (κ1) is 17.2. The molecule has 24 heavy (non-hydrogen) atoms. The number of hydrogen-bond donors (Lipinski definition) is 1. The number of hydrogen-bond acceptors (Lipinski definition) is 3. The molecule has 1 heterocycles. The second-order valence-corrected chi connectivity index (χ2v) is 7.07. The summed E-state index contributed by atoms with van der Waals surface area (Å²) in [5.74, 6) is -0.802. The molecule has 1 aromatic rings. The predicted molar refractivity (Wildman–Crippen MR) is 90.2 cm³/mol. The van der Waals surface area contributed by atoms with E-state index >= 15 is 0 Å². The van der Waals surface area contributed by atoms with Gasteiger partial charge in [0.05, 0.1) is 24.5 Å². The molecule has 5 nitrogen and oxygen atoms in total. The van der Waals surface area contributed by atoms with E-state index in [4.69, 9.17) is 21.4 Å². The van der Waals surface area contributed by atoms with Crippen LogP contribution in [0.5, 0.6) is 0 Å². The summed E-state index contributed by atoms with van der Waals surface area (Å²) >= 11 is 5.99. The van der Waals surface area contributed by atoms with E-state index in [9.17, 15) is 9.59 Å². The van der Waals surface area contributed by atoms with Crippen LogP contribution in [0.3, 0.4) is 0 Å². The van der Waals surface area contributed by atoms with Gasteiger partial charge in [-0.05, 0) is 30.5 Å². The van der Waals surface area contributed by atoms with Crippen LogP contribution in [0, 0.1) is 0 Å². The fourth-order valence-electron chi connectivity index (χ4n) is 3.90. The van der Waals surface area contributed by atoms with Crippen molar-refractivity contribution in [2.45, 2.75) is 43.6 Å². The SMILES string of the molecule is O=C(O)CC1CN(C(=O)C2(c3ccc(Cl)cc3)CCCC2)CCO1. The Labute approximate surface area is 146 Å². The lowest BCUT2D eigenvalue weighted by Crippen LogP contribution is -2.52. The Hall–Kier alpha value is -1.59. The van der Waals surface area contributed by atoms with Crippen molar-refractivity contribution < 1.29 is 19.4 Å². The van der Waals surface area contributed by atoms with Crippen molar-refractivity contribution >= 4 is 23.5 Å². The van der Waals surface area contributed by atoms with E-state index < -0.39 is 17.5 Å². The highest BCUT2D eigenvalue weighted by atomic mass is 35.5. The van der Waals surface area contributed by atoms with Crippen molar-refractivity contribution in [1.29, 1.82) is 0 Å². The van der Waals surface area contributed by atoms with Crippen molar-refractivity contribution in [1.82, 2.24) is 4.90 Å². The first-order valence-electron chi connectivity index (χ1n) is 8.40. The molecule has 1 saturated heterocycles. The normalized spacial score (nSPS) is 23.2. The number of ether oxygens (including phenoxy) is 1. The molecule has 1 aliphatic heterocycles. The lowest BCUT2D eigenvalue weighted by molar-refractivity contribution is -0.150. The Bertz CT molecular complexity index is 610. The molecule has 1 unspecified atom stereocenters. The Balaban J connectivity index is 1.82. The van der Waals surface area contributed by atoms with Gasteiger partial charge in [-0.25, -0.2) is 0 Å². The summed E-state index contributed by atoms with van der Waals surface area (Å²) in [6, 6.07) is 7.55. The molecule has 1 aliphatic carbocycles. The zero-order valence-electron chi connectivity index (χ0n) is 13.5. The summed E-state index contributed by atoms with van der Waals surface area (Å²) in [5, 5.41) is 9.62. The quantitative estimate of drug-likeness (QED) is 0.905. The van der Waals surface area contributed by atoms with Crippen LogP contribution in [0.25, 0.3) is 0 Å². The number of rotatable bonds is 4. The van der Waals surface area contributed by atoms with Crippen LogP contribution < -0.4 is 0 Å². The summed E-state index contributed by atoms with van der Waals surface area (Å²) in [6.45, 7) is 1.26. The van der Waals surface area contributed by atoms with E-state index in [-0.39, 0.29) is 12.3 Å². The monoisotopic (exact) mass is 351 g/mol. The maximum atomic E-state index is 13.3. The standard InChI is InChI=1S/C18H22ClNO4/c19-14-5-3-13(4-6-14)18(7-1-2-8-18)17(23)20-9-10-24-15(12-20)11-16(21)22/h3-6,15H,1-2,7-12H2,(H,21,22). The van der Waals surface area contributed by atoms with Gasteiger partial charge in [0.1, 0.15) is 0 Å². The maximum absolute atomic E-state index is 13.3. The highest BCUT2D eigenvalue weighted by Crippen LogP contribution is 2.43. The second kappa shape index (κ2) is 7.11. The van der Waals surface area contributed by atoms with Gasteiger partial charge in [-0.1, -0.05) is 36.6 Å². The zero-order chi connectivity index (χ0) is 17.2. The fraction of sp³-hybridized carbons (Fsp3) is 0.556. The average molecular weight is 352 g/mol. The van der Waals surface area contributed by atoms with Crippen molar-refractivity contribution in [3.8, 4) is 0 Å². The second-order valence-electron chi connectivity index (χ2n) is 6.64. The molecule has 0 spiro atoms. The van der Waals surface area contributed by atoms with Crippen molar-refractivity contribution in [2.75, 3.05) is 19.7 Å². The molecule has 2 aliphatic rings. The largest absolute Gasteiger partial charge is 0.481 e. The van der Waals surface area contributed by atoms with Gasteiger partial charge in [0, 0.05) is 18.1 Å². The van der Waals surface area contributed by atoms with Gasteiger partial charge >= 0.3 is 5.97 Å². The van der Waals surface area contributed by atoms with E-state index in [2.05, 4.69) is 0 Å². The number of carboxylic acids is 1. The van der Waals surface area contributed by atoms with Gasteiger partial charge in [0.15, 0.2) is 0 Å². The number of carbonyl (C=O) groups is 2. The van der Waals surface area contributed by atoms with Crippen LogP contribution >= 0.6 is 11.6 Å². The maximum Gasteiger partial charge on any atom is 0.306 e. The molecule has 1 atom stereocenters. The molecule has 0 aromatic heterocycles. The minimum Gasteiger partial charge on any atom is -0.481 e. The molecular formula is C18H22ClNO4. The number of nitrogens with zero attached hydrogens (tertiary/aromatic N) is 1. The van der Waals surface area contributed by atoms with Gasteiger partial charge in [-0.3, -0.25) is 9.59 Å². The van der Waals surface area contributed by atoms with E-state index in [1.54, 1.807) is 4.90 Å². The lowest BCUT2D eigenvalue weighted by atomic mass is 9.77. The number of halogens is 1. The highest BCUT2D eigenvalue weighted by Gasteiger charge is 2.45. The number of aliphatic carboxylic acids is 1. The molecule has 3 rings (SSSR count). The topological polar surface area (TPSA) is 66.8 Å². The number of amides is 1. The van der Waals surface area contributed by atoms with Crippen molar-refractivity contribution in [3.05, 3.63) is 34.9 Å². The number of morpholine rings is 1. The molecule has 0 bridgehead atoms. The smallest absolute Gasteiger partial charge is 0.306 e. The molecule has 1 saturated carbocycles. The van der Waals surface area contributed by atoms with Crippen LogP contribution in [0.2, 0.25) is 5.02 Å².